The first kappa shape index (κ1) is 16.0. The number of nitrogens with one attached hydrogen (secondary N) is 1. The van der Waals surface area contributed by atoms with Gasteiger partial charge < -0.3 is 15.5 Å². The number of carbonyl (C=O) groups is 2. The van der Waals surface area contributed by atoms with Gasteiger partial charge in [0, 0.05) is 12.2 Å². The summed E-state index contributed by atoms with van der Waals surface area (Å²) in [5.41, 5.74) is 1.36. The number of nitrogens with zero attached hydrogens (tertiary/aromatic N) is 1. The van der Waals surface area contributed by atoms with E-state index in [1.807, 2.05) is 0 Å². The van der Waals surface area contributed by atoms with E-state index >= 15 is 0 Å². The molecular formula is C17H22N2O4. The van der Waals surface area contributed by atoms with Gasteiger partial charge in [-0.1, -0.05) is 12.8 Å². The van der Waals surface area contributed by atoms with Crippen LogP contribution in [0.15, 0.2) is 24.3 Å². The average Bonchev–Trinajstić information content (AvgIpc) is 2.85. The Labute approximate surface area is 135 Å². The van der Waals surface area contributed by atoms with Crippen LogP contribution in [0.5, 0.6) is 0 Å². The Morgan fingerprint density at radius 1 is 1.09 bits per heavy atom. The molecule has 3 unspecified atom stereocenters. The van der Waals surface area contributed by atoms with Gasteiger partial charge in [0.2, 0.25) is 11.8 Å². The second-order valence-electron chi connectivity index (χ2n) is 6.27. The molecule has 1 saturated carbocycles. The molecule has 0 bridgehead atoms. The summed E-state index contributed by atoms with van der Waals surface area (Å²) in [4.78, 5) is 26.4. The molecule has 0 spiro atoms. The Bertz CT molecular complexity index is 563. The fourth-order valence-electron chi connectivity index (χ4n) is 3.45. The smallest absolute Gasteiger partial charge is 0.237 e. The summed E-state index contributed by atoms with van der Waals surface area (Å²) in [5.74, 6) is -0.435. The molecule has 1 saturated heterocycles. The van der Waals surface area contributed by atoms with Crippen molar-refractivity contribution in [1.82, 2.24) is 0 Å². The largest absolute Gasteiger partial charge is 0.394 e. The van der Waals surface area contributed by atoms with Crippen molar-refractivity contribution >= 4 is 23.2 Å². The normalized spacial score (nSPS) is 25.4. The van der Waals surface area contributed by atoms with Gasteiger partial charge in [0.15, 0.2) is 0 Å². The molecule has 3 N–H and O–H groups in total. The summed E-state index contributed by atoms with van der Waals surface area (Å²) in [6.07, 6.45) is 2.84. The van der Waals surface area contributed by atoms with Crippen LogP contribution in [0.25, 0.3) is 0 Å². The van der Waals surface area contributed by atoms with Crippen LogP contribution < -0.4 is 10.2 Å². The molecule has 3 atom stereocenters. The molecule has 2 amide bonds. The zero-order chi connectivity index (χ0) is 16.4. The fraction of sp³-hybridized carbons (Fsp3) is 0.529. The van der Waals surface area contributed by atoms with E-state index in [0.717, 1.165) is 31.4 Å². The monoisotopic (exact) mass is 318 g/mol. The molecule has 23 heavy (non-hydrogen) atoms. The number of anilines is 2. The topological polar surface area (TPSA) is 89.9 Å². The van der Waals surface area contributed by atoms with Gasteiger partial charge in [-0.05, 0) is 37.1 Å². The molecule has 1 aromatic rings. The number of imide groups is 1. The van der Waals surface area contributed by atoms with Crippen LogP contribution in [0.4, 0.5) is 11.4 Å². The maximum absolute atomic E-state index is 12.5. The molecule has 6 heteroatoms. The summed E-state index contributed by atoms with van der Waals surface area (Å²) in [6, 6.07) is 7.01. The lowest BCUT2D eigenvalue weighted by Gasteiger charge is -2.19. The van der Waals surface area contributed by atoms with E-state index in [2.05, 4.69) is 5.32 Å². The molecule has 0 aromatic heterocycles. The summed E-state index contributed by atoms with van der Waals surface area (Å²) >= 11 is 0. The zero-order valence-corrected chi connectivity index (χ0v) is 12.9. The Hall–Kier alpha value is -1.92. The number of carbonyl (C=O) groups excluding carboxylic acids is 2. The molecule has 2 fully saturated rings. The molecule has 0 radical (unpaired) electrons. The number of hydrogen-bond acceptors (Lipinski definition) is 5. The van der Waals surface area contributed by atoms with Gasteiger partial charge >= 0.3 is 0 Å². The maximum Gasteiger partial charge on any atom is 0.237 e. The van der Waals surface area contributed by atoms with Crippen molar-refractivity contribution in [2.75, 3.05) is 23.4 Å². The van der Waals surface area contributed by atoms with Crippen molar-refractivity contribution in [3.8, 4) is 0 Å². The predicted octanol–water partition coefficient (Wildman–Crippen LogP) is 1.13. The molecule has 6 nitrogen and oxygen atoms in total. The summed E-state index contributed by atoms with van der Waals surface area (Å²) < 4.78 is 0. The standard InChI is InChI=1S/C17H22N2O4/c20-10-13(21)9-18-11-5-7-12(8-6-11)19-16(22)14-3-1-2-4-15(14)17(19)23/h5-8,13-15,18,20-21H,1-4,9-10H2. The van der Waals surface area contributed by atoms with Crippen LogP contribution in [0.1, 0.15) is 25.7 Å². The first-order chi connectivity index (χ1) is 11.1. The quantitative estimate of drug-likeness (QED) is 0.708. The number of hydrogen-bond donors (Lipinski definition) is 3. The van der Waals surface area contributed by atoms with E-state index in [-0.39, 0.29) is 36.8 Å². The second-order valence-corrected chi connectivity index (χ2v) is 6.27. The number of fused-ring (bicyclic) bond motifs is 1. The predicted molar refractivity (Wildman–Crippen MR) is 86.0 cm³/mol. The molecule has 124 valence electrons. The van der Waals surface area contributed by atoms with Gasteiger partial charge in [-0.3, -0.25) is 14.5 Å². The summed E-state index contributed by atoms with van der Waals surface area (Å²) in [5, 5.41) is 21.1. The third-order valence-electron chi connectivity index (χ3n) is 4.72. The molecule has 1 heterocycles. The highest BCUT2D eigenvalue weighted by Gasteiger charge is 2.48. The van der Waals surface area contributed by atoms with Crippen molar-refractivity contribution < 1.29 is 19.8 Å². The van der Waals surface area contributed by atoms with Crippen LogP contribution in [0, 0.1) is 11.8 Å². The summed E-state index contributed by atoms with van der Waals surface area (Å²) in [7, 11) is 0. The summed E-state index contributed by atoms with van der Waals surface area (Å²) in [6.45, 7) is -0.0633. The van der Waals surface area contributed by atoms with E-state index in [1.165, 1.54) is 4.90 Å². The fourth-order valence-corrected chi connectivity index (χ4v) is 3.45. The Morgan fingerprint density at radius 3 is 2.17 bits per heavy atom. The van der Waals surface area contributed by atoms with Gasteiger partial charge in [-0.25, -0.2) is 0 Å². The van der Waals surface area contributed by atoms with Crippen LogP contribution in [0.3, 0.4) is 0 Å². The molecule has 1 aliphatic carbocycles. The minimum absolute atomic E-state index is 0.0730. The Kier molecular flexibility index (Phi) is 4.63. The van der Waals surface area contributed by atoms with Crippen LogP contribution in [-0.4, -0.2) is 41.3 Å². The number of rotatable bonds is 5. The highest BCUT2D eigenvalue weighted by Crippen LogP contribution is 2.40. The lowest BCUT2D eigenvalue weighted by molar-refractivity contribution is -0.122. The minimum atomic E-state index is -0.820. The Balaban J connectivity index is 1.71. The van der Waals surface area contributed by atoms with Gasteiger partial charge in [0.25, 0.3) is 0 Å². The van der Waals surface area contributed by atoms with Gasteiger partial charge in [0.1, 0.15) is 0 Å². The van der Waals surface area contributed by atoms with Crippen molar-refractivity contribution in [2.24, 2.45) is 11.8 Å². The Morgan fingerprint density at radius 2 is 1.65 bits per heavy atom. The lowest BCUT2D eigenvalue weighted by Crippen LogP contribution is -2.30. The molecule has 2 aliphatic rings. The third kappa shape index (κ3) is 3.09. The third-order valence-corrected chi connectivity index (χ3v) is 4.72. The number of aliphatic hydroxyl groups is 2. The van der Waals surface area contributed by atoms with Crippen molar-refractivity contribution in [3.63, 3.8) is 0 Å². The number of aliphatic hydroxyl groups excluding tert-OH is 2. The molecule has 3 rings (SSSR count). The van der Waals surface area contributed by atoms with Crippen LogP contribution in [0.2, 0.25) is 0 Å². The van der Waals surface area contributed by atoms with E-state index in [1.54, 1.807) is 24.3 Å². The highest BCUT2D eigenvalue weighted by molar-refractivity contribution is 6.22. The van der Waals surface area contributed by atoms with Gasteiger partial charge in [-0.2, -0.15) is 0 Å². The molecule has 1 aliphatic heterocycles. The van der Waals surface area contributed by atoms with E-state index < -0.39 is 6.10 Å². The van der Waals surface area contributed by atoms with Gasteiger partial charge in [-0.15, -0.1) is 0 Å². The molecule has 1 aromatic carbocycles. The van der Waals surface area contributed by atoms with Gasteiger partial charge in [0.05, 0.1) is 30.2 Å². The van der Waals surface area contributed by atoms with E-state index in [9.17, 15) is 14.7 Å². The first-order valence-corrected chi connectivity index (χ1v) is 8.12. The van der Waals surface area contributed by atoms with Crippen molar-refractivity contribution in [2.45, 2.75) is 31.8 Å². The lowest BCUT2D eigenvalue weighted by atomic mass is 9.81. The van der Waals surface area contributed by atoms with E-state index in [4.69, 9.17) is 5.11 Å². The number of benzene rings is 1. The van der Waals surface area contributed by atoms with Crippen LogP contribution >= 0.6 is 0 Å². The van der Waals surface area contributed by atoms with Crippen molar-refractivity contribution in [1.29, 1.82) is 0 Å². The number of amides is 2. The van der Waals surface area contributed by atoms with Crippen LogP contribution in [-0.2, 0) is 9.59 Å². The van der Waals surface area contributed by atoms with Crippen molar-refractivity contribution in [3.05, 3.63) is 24.3 Å². The zero-order valence-electron chi connectivity index (χ0n) is 12.9. The second kappa shape index (κ2) is 6.68. The highest BCUT2D eigenvalue weighted by atomic mass is 16.3. The first-order valence-electron chi connectivity index (χ1n) is 8.12. The van der Waals surface area contributed by atoms with E-state index in [0.29, 0.717) is 5.69 Å². The minimum Gasteiger partial charge on any atom is -0.394 e. The average molecular weight is 318 g/mol. The molecular weight excluding hydrogens is 296 g/mol. The SMILES string of the molecule is O=C1C2CCCCC2C(=O)N1c1ccc(NCC(O)CO)cc1. The maximum atomic E-state index is 12.5.